The summed E-state index contributed by atoms with van der Waals surface area (Å²) in [5.74, 6) is 0. The van der Waals surface area contributed by atoms with Crippen molar-refractivity contribution in [1.29, 1.82) is 0 Å². The summed E-state index contributed by atoms with van der Waals surface area (Å²) in [7, 11) is -1.98. The molecule has 0 unspecified atom stereocenters. The molecule has 0 amide bonds. The largest absolute Gasteiger partial charge is 0.394 e. The molecule has 0 atom stereocenters. The van der Waals surface area contributed by atoms with Crippen LogP contribution in [0.3, 0.4) is 0 Å². The van der Waals surface area contributed by atoms with Gasteiger partial charge in [-0.1, -0.05) is 43.4 Å². The van der Waals surface area contributed by atoms with Crippen LogP contribution in [0.15, 0.2) is 0 Å². The SMILES string of the molecule is CCO[Si](CI)(OCC)C(C)(C)C. The molecule has 0 aromatic rings. The third-order valence-electron chi connectivity index (χ3n) is 2.07. The van der Waals surface area contributed by atoms with Gasteiger partial charge < -0.3 is 8.85 Å². The second-order valence-electron chi connectivity index (χ2n) is 4.00. The van der Waals surface area contributed by atoms with Gasteiger partial charge >= 0.3 is 8.56 Å². The van der Waals surface area contributed by atoms with Crippen LogP contribution in [0.2, 0.25) is 5.04 Å². The first-order valence-corrected chi connectivity index (χ1v) is 8.32. The van der Waals surface area contributed by atoms with Crippen LogP contribution in [-0.2, 0) is 8.85 Å². The Labute approximate surface area is 96.8 Å². The van der Waals surface area contributed by atoms with E-state index in [2.05, 4.69) is 43.4 Å². The van der Waals surface area contributed by atoms with E-state index in [-0.39, 0.29) is 5.04 Å². The summed E-state index contributed by atoms with van der Waals surface area (Å²) in [4.78, 5) is 0. The number of halogens is 1. The molecule has 0 fully saturated rings. The molecule has 0 aliphatic heterocycles. The Hall–Kier alpha value is 0.867. The first kappa shape index (κ1) is 13.9. The Balaban J connectivity index is 4.64. The highest BCUT2D eigenvalue weighted by Crippen LogP contribution is 2.38. The molecule has 0 aromatic carbocycles. The third-order valence-corrected chi connectivity index (χ3v) is 9.23. The van der Waals surface area contributed by atoms with Crippen molar-refractivity contribution in [2.24, 2.45) is 0 Å². The van der Waals surface area contributed by atoms with Crippen LogP contribution in [-0.4, -0.2) is 25.8 Å². The van der Waals surface area contributed by atoms with E-state index < -0.39 is 8.56 Å². The zero-order valence-corrected chi connectivity index (χ0v) is 12.5. The Morgan fingerprint density at radius 3 is 1.62 bits per heavy atom. The van der Waals surface area contributed by atoms with Gasteiger partial charge in [-0.3, -0.25) is 0 Å². The van der Waals surface area contributed by atoms with E-state index in [1.807, 2.05) is 13.8 Å². The standard InChI is InChI=1S/C9H21IO2Si/c1-6-11-13(8-10,12-7-2)9(3,4)5/h6-8H2,1-5H3. The molecule has 13 heavy (non-hydrogen) atoms. The van der Waals surface area contributed by atoms with Gasteiger partial charge in [0.25, 0.3) is 0 Å². The lowest BCUT2D eigenvalue weighted by Crippen LogP contribution is -2.52. The van der Waals surface area contributed by atoms with Crippen LogP contribution in [0, 0.1) is 0 Å². The van der Waals surface area contributed by atoms with Gasteiger partial charge in [-0.15, -0.1) is 0 Å². The predicted molar refractivity (Wildman–Crippen MR) is 67.6 cm³/mol. The molecule has 0 saturated heterocycles. The minimum atomic E-state index is -1.98. The maximum Gasteiger partial charge on any atom is 0.353 e. The average molecular weight is 316 g/mol. The van der Waals surface area contributed by atoms with Gasteiger partial charge in [0.2, 0.25) is 0 Å². The maximum absolute atomic E-state index is 5.89. The fraction of sp³-hybridized carbons (Fsp3) is 1.00. The number of hydrogen-bond acceptors (Lipinski definition) is 2. The molecular formula is C9H21IO2Si. The summed E-state index contributed by atoms with van der Waals surface area (Å²) in [6.45, 7) is 12.2. The predicted octanol–water partition coefficient (Wildman–Crippen LogP) is 3.28. The number of hydrogen-bond donors (Lipinski definition) is 0. The van der Waals surface area contributed by atoms with Crippen molar-refractivity contribution >= 4 is 31.2 Å². The second kappa shape index (κ2) is 5.68. The fourth-order valence-electron chi connectivity index (χ4n) is 1.22. The molecule has 2 nitrogen and oxygen atoms in total. The van der Waals surface area contributed by atoms with Crippen molar-refractivity contribution in [2.45, 2.75) is 39.7 Å². The monoisotopic (exact) mass is 316 g/mol. The summed E-state index contributed by atoms with van der Waals surface area (Å²) in [6.07, 6.45) is 0. The van der Waals surface area contributed by atoms with Gasteiger partial charge in [-0.05, 0) is 13.8 Å². The Kier molecular flexibility index (Phi) is 6.05. The molecule has 4 heteroatoms. The minimum Gasteiger partial charge on any atom is -0.394 e. The first-order chi connectivity index (χ1) is 5.93. The van der Waals surface area contributed by atoms with Gasteiger partial charge in [0.05, 0.1) is 0 Å². The quantitative estimate of drug-likeness (QED) is 0.440. The summed E-state index contributed by atoms with van der Waals surface area (Å²) in [6, 6.07) is 0. The van der Waals surface area contributed by atoms with Gasteiger partial charge in [-0.2, -0.15) is 0 Å². The van der Waals surface area contributed by atoms with E-state index in [1.54, 1.807) is 0 Å². The lowest BCUT2D eigenvalue weighted by molar-refractivity contribution is 0.167. The minimum absolute atomic E-state index is 0.153. The maximum atomic E-state index is 5.89. The van der Waals surface area contributed by atoms with Crippen molar-refractivity contribution in [3.63, 3.8) is 0 Å². The molecule has 0 radical (unpaired) electrons. The molecule has 80 valence electrons. The van der Waals surface area contributed by atoms with E-state index in [0.717, 1.165) is 17.3 Å². The molecule has 0 N–H and O–H groups in total. The molecular weight excluding hydrogens is 295 g/mol. The lowest BCUT2D eigenvalue weighted by atomic mass is 10.3. The van der Waals surface area contributed by atoms with Gasteiger partial charge in [0, 0.05) is 22.3 Å². The summed E-state index contributed by atoms with van der Waals surface area (Å²) in [5.41, 5.74) is 0. The molecule has 0 heterocycles. The fourth-order valence-corrected chi connectivity index (χ4v) is 8.41. The highest BCUT2D eigenvalue weighted by Gasteiger charge is 2.48. The van der Waals surface area contributed by atoms with Crippen LogP contribution >= 0.6 is 22.6 Å². The van der Waals surface area contributed by atoms with Gasteiger partial charge in [-0.25, -0.2) is 0 Å². The van der Waals surface area contributed by atoms with E-state index in [0.29, 0.717) is 0 Å². The smallest absolute Gasteiger partial charge is 0.353 e. The van der Waals surface area contributed by atoms with E-state index in [9.17, 15) is 0 Å². The zero-order chi connectivity index (χ0) is 10.5. The summed E-state index contributed by atoms with van der Waals surface area (Å²) in [5, 5.41) is 0.153. The van der Waals surface area contributed by atoms with Crippen LogP contribution in [0.25, 0.3) is 0 Å². The summed E-state index contributed by atoms with van der Waals surface area (Å²) >= 11 is 2.39. The zero-order valence-electron chi connectivity index (χ0n) is 9.32. The molecule has 0 bridgehead atoms. The van der Waals surface area contributed by atoms with Crippen molar-refractivity contribution in [3.05, 3.63) is 0 Å². The highest BCUT2D eigenvalue weighted by atomic mass is 127. The van der Waals surface area contributed by atoms with Crippen LogP contribution in [0.1, 0.15) is 34.6 Å². The molecule has 0 aliphatic carbocycles. The molecule has 0 aliphatic rings. The Morgan fingerprint density at radius 1 is 1.08 bits per heavy atom. The van der Waals surface area contributed by atoms with E-state index in [4.69, 9.17) is 8.85 Å². The molecule has 0 aromatic heterocycles. The van der Waals surface area contributed by atoms with Crippen LogP contribution in [0.5, 0.6) is 0 Å². The Bertz CT molecular complexity index is 139. The van der Waals surface area contributed by atoms with Crippen molar-refractivity contribution in [1.82, 2.24) is 0 Å². The molecule has 0 saturated carbocycles. The third kappa shape index (κ3) is 3.49. The second-order valence-corrected chi connectivity index (χ2v) is 10.1. The molecule has 0 spiro atoms. The van der Waals surface area contributed by atoms with Crippen molar-refractivity contribution < 1.29 is 8.85 Å². The van der Waals surface area contributed by atoms with Crippen LogP contribution < -0.4 is 0 Å². The summed E-state index contributed by atoms with van der Waals surface area (Å²) < 4.78 is 12.8. The average Bonchev–Trinajstić information content (AvgIpc) is 2.02. The van der Waals surface area contributed by atoms with Gasteiger partial charge in [0.1, 0.15) is 0 Å². The van der Waals surface area contributed by atoms with E-state index in [1.165, 1.54) is 0 Å². The Morgan fingerprint density at radius 2 is 1.46 bits per heavy atom. The highest BCUT2D eigenvalue weighted by molar-refractivity contribution is 14.1. The van der Waals surface area contributed by atoms with Crippen molar-refractivity contribution in [2.75, 3.05) is 17.3 Å². The lowest BCUT2D eigenvalue weighted by Gasteiger charge is -2.39. The molecule has 0 rings (SSSR count). The topological polar surface area (TPSA) is 18.5 Å². The normalized spacial score (nSPS) is 13.4. The van der Waals surface area contributed by atoms with E-state index >= 15 is 0 Å². The first-order valence-electron chi connectivity index (χ1n) is 4.77. The van der Waals surface area contributed by atoms with Gasteiger partial charge in [0.15, 0.2) is 0 Å². The van der Waals surface area contributed by atoms with Crippen molar-refractivity contribution in [3.8, 4) is 0 Å². The number of rotatable bonds is 5. The van der Waals surface area contributed by atoms with Crippen LogP contribution in [0.4, 0.5) is 0 Å². The number of alkyl halides is 1.